The maximum atomic E-state index is 12.5. The van der Waals surface area contributed by atoms with Crippen LogP contribution in [-0.2, 0) is 11.8 Å². The molecule has 1 aromatic rings. The second kappa shape index (κ2) is 5.71. The molecule has 2 unspecified atom stereocenters. The van der Waals surface area contributed by atoms with Crippen LogP contribution in [0, 0.1) is 0 Å². The highest BCUT2D eigenvalue weighted by Gasteiger charge is 2.29. The SMILES string of the molecule is CC1CN(C)CCCN1C(=O)C(N)c1cnn(C)c1. The third-order valence-corrected chi connectivity index (χ3v) is 3.68. The summed E-state index contributed by atoms with van der Waals surface area (Å²) in [6.07, 6.45) is 4.46. The van der Waals surface area contributed by atoms with Crippen LogP contribution >= 0.6 is 0 Å². The fourth-order valence-corrected chi connectivity index (χ4v) is 2.62. The van der Waals surface area contributed by atoms with Crippen molar-refractivity contribution in [3.05, 3.63) is 18.0 Å². The Morgan fingerprint density at radius 2 is 2.21 bits per heavy atom. The largest absolute Gasteiger partial charge is 0.337 e. The topological polar surface area (TPSA) is 67.4 Å². The Labute approximate surface area is 114 Å². The number of carbonyl (C=O) groups is 1. The molecule has 1 aliphatic heterocycles. The van der Waals surface area contributed by atoms with E-state index in [1.165, 1.54) is 0 Å². The summed E-state index contributed by atoms with van der Waals surface area (Å²) in [6.45, 7) is 4.77. The van der Waals surface area contributed by atoms with Crippen LogP contribution < -0.4 is 5.73 Å². The Morgan fingerprint density at radius 1 is 1.47 bits per heavy atom. The number of rotatable bonds is 2. The Bertz CT molecular complexity index is 444. The maximum Gasteiger partial charge on any atom is 0.244 e. The third kappa shape index (κ3) is 3.13. The van der Waals surface area contributed by atoms with Gasteiger partial charge in [0.05, 0.1) is 6.20 Å². The highest BCUT2D eigenvalue weighted by Crippen LogP contribution is 2.16. The molecule has 0 radical (unpaired) electrons. The van der Waals surface area contributed by atoms with Gasteiger partial charge in [0.2, 0.25) is 5.91 Å². The van der Waals surface area contributed by atoms with Gasteiger partial charge in [-0.2, -0.15) is 5.10 Å². The van der Waals surface area contributed by atoms with Crippen molar-refractivity contribution in [2.75, 3.05) is 26.7 Å². The summed E-state index contributed by atoms with van der Waals surface area (Å²) in [5, 5.41) is 4.07. The van der Waals surface area contributed by atoms with Crippen LogP contribution in [0.1, 0.15) is 24.9 Å². The molecule has 1 aliphatic rings. The van der Waals surface area contributed by atoms with E-state index >= 15 is 0 Å². The van der Waals surface area contributed by atoms with Gasteiger partial charge in [-0.3, -0.25) is 9.48 Å². The Hall–Kier alpha value is -1.40. The fourth-order valence-electron chi connectivity index (χ4n) is 2.62. The van der Waals surface area contributed by atoms with Gasteiger partial charge >= 0.3 is 0 Å². The minimum atomic E-state index is -0.612. The van der Waals surface area contributed by atoms with E-state index in [0.717, 1.165) is 31.6 Å². The van der Waals surface area contributed by atoms with Crippen LogP contribution in [0.5, 0.6) is 0 Å². The lowest BCUT2D eigenvalue weighted by atomic mass is 10.1. The van der Waals surface area contributed by atoms with Gasteiger partial charge in [-0.25, -0.2) is 0 Å². The molecular formula is C13H23N5O. The van der Waals surface area contributed by atoms with Gasteiger partial charge in [0.15, 0.2) is 0 Å². The van der Waals surface area contributed by atoms with Crippen molar-refractivity contribution in [1.82, 2.24) is 19.6 Å². The normalized spacial score (nSPS) is 23.2. The zero-order valence-electron chi connectivity index (χ0n) is 11.9. The highest BCUT2D eigenvalue weighted by atomic mass is 16.2. The van der Waals surface area contributed by atoms with E-state index in [9.17, 15) is 4.79 Å². The molecule has 2 heterocycles. The molecule has 0 aliphatic carbocycles. The zero-order chi connectivity index (χ0) is 14.0. The average molecular weight is 265 g/mol. The smallest absolute Gasteiger partial charge is 0.244 e. The van der Waals surface area contributed by atoms with Crippen molar-refractivity contribution >= 4 is 5.91 Å². The number of nitrogens with zero attached hydrogens (tertiary/aromatic N) is 4. The molecule has 1 saturated heterocycles. The first-order valence-electron chi connectivity index (χ1n) is 6.72. The summed E-state index contributed by atoms with van der Waals surface area (Å²) in [4.78, 5) is 16.7. The maximum absolute atomic E-state index is 12.5. The first kappa shape index (κ1) is 14.0. The molecule has 0 spiro atoms. The number of nitrogens with two attached hydrogens (primary N) is 1. The molecule has 0 bridgehead atoms. The van der Waals surface area contributed by atoms with Crippen molar-refractivity contribution in [3.63, 3.8) is 0 Å². The first-order chi connectivity index (χ1) is 8.99. The standard InChI is InChI=1S/C13H23N5O/c1-10-8-16(2)5-4-6-18(10)13(19)12(14)11-7-15-17(3)9-11/h7,9-10,12H,4-6,8,14H2,1-3H3. The molecule has 2 rings (SSSR count). The Kier molecular flexibility index (Phi) is 4.21. The lowest BCUT2D eigenvalue weighted by Crippen LogP contribution is -2.46. The van der Waals surface area contributed by atoms with Gasteiger partial charge in [-0.15, -0.1) is 0 Å². The average Bonchev–Trinajstić information content (AvgIpc) is 2.71. The highest BCUT2D eigenvalue weighted by molar-refractivity contribution is 5.83. The van der Waals surface area contributed by atoms with Crippen LogP contribution in [0.25, 0.3) is 0 Å². The van der Waals surface area contributed by atoms with Gasteiger partial charge in [0.25, 0.3) is 0 Å². The Morgan fingerprint density at radius 3 is 2.84 bits per heavy atom. The van der Waals surface area contributed by atoms with Crippen LogP contribution in [-0.4, -0.2) is 58.2 Å². The molecule has 106 valence electrons. The lowest BCUT2D eigenvalue weighted by molar-refractivity contribution is -0.134. The first-order valence-corrected chi connectivity index (χ1v) is 6.72. The number of hydrogen-bond donors (Lipinski definition) is 1. The second-order valence-electron chi connectivity index (χ2n) is 5.42. The van der Waals surface area contributed by atoms with Gasteiger partial charge in [-0.05, 0) is 26.9 Å². The molecular weight excluding hydrogens is 242 g/mol. The molecule has 2 N–H and O–H groups in total. The number of likely N-dealkylation sites (N-methyl/N-ethyl adjacent to an activating group) is 1. The van der Waals surface area contributed by atoms with E-state index < -0.39 is 6.04 Å². The minimum absolute atomic E-state index is 0.00389. The molecule has 0 saturated carbocycles. The molecule has 1 amide bonds. The van der Waals surface area contributed by atoms with Crippen molar-refractivity contribution in [3.8, 4) is 0 Å². The summed E-state index contributed by atoms with van der Waals surface area (Å²) in [6, 6.07) is -0.415. The van der Waals surface area contributed by atoms with Crippen molar-refractivity contribution < 1.29 is 4.79 Å². The quantitative estimate of drug-likeness (QED) is 0.815. The van der Waals surface area contributed by atoms with Gasteiger partial charge in [-0.1, -0.05) is 0 Å². The molecule has 0 aromatic carbocycles. The van der Waals surface area contributed by atoms with E-state index in [-0.39, 0.29) is 11.9 Å². The summed E-state index contributed by atoms with van der Waals surface area (Å²) >= 11 is 0. The van der Waals surface area contributed by atoms with Crippen LogP contribution in [0.3, 0.4) is 0 Å². The van der Waals surface area contributed by atoms with E-state index in [0.29, 0.717) is 0 Å². The lowest BCUT2D eigenvalue weighted by Gasteiger charge is -2.30. The van der Waals surface area contributed by atoms with Crippen molar-refractivity contribution in [2.45, 2.75) is 25.4 Å². The van der Waals surface area contributed by atoms with E-state index in [1.807, 2.05) is 11.9 Å². The van der Waals surface area contributed by atoms with Gasteiger partial charge < -0.3 is 15.5 Å². The Balaban J connectivity index is 2.09. The van der Waals surface area contributed by atoms with E-state index in [2.05, 4.69) is 24.0 Å². The van der Waals surface area contributed by atoms with Crippen LogP contribution in [0.2, 0.25) is 0 Å². The van der Waals surface area contributed by atoms with E-state index in [1.54, 1.807) is 17.1 Å². The summed E-state index contributed by atoms with van der Waals surface area (Å²) in [5.41, 5.74) is 6.85. The predicted octanol–water partition coefficient (Wildman–Crippen LogP) is -0.0275. The van der Waals surface area contributed by atoms with Crippen LogP contribution in [0.4, 0.5) is 0 Å². The number of amides is 1. The van der Waals surface area contributed by atoms with Crippen LogP contribution in [0.15, 0.2) is 12.4 Å². The molecule has 1 aromatic heterocycles. The summed E-state index contributed by atoms with van der Waals surface area (Å²) in [5.74, 6) is -0.00389. The minimum Gasteiger partial charge on any atom is -0.337 e. The fraction of sp³-hybridized carbons (Fsp3) is 0.692. The number of carbonyl (C=O) groups excluding carboxylic acids is 1. The van der Waals surface area contributed by atoms with Gasteiger partial charge in [0, 0.05) is 37.9 Å². The molecule has 6 heteroatoms. The van der Waals surface area contributed by atoms with Gasteiger partial charge in [0.1, 0.15) is 6.04 Å². The third-order valence-electron chi connectivity index (χ3n) is 3.68. The number of aromatic nitrogens is 2. The molecule has 2 atom stereocenters. The van der Waals surface area contributed by atoms with Crippen molar-refractivity contribution in [2.24, 2.45) is 12.8 Å². The second-order valence-corrected chi connectivity index (χ2v) is 5.42. The monoisotopic (exact) mass is 265 g/mol. The molecule has 19 heavy (non-hydrogen) atoms. The summed E-state index contributed by atoms with van der Waals surface area (Å²) < 4.78 is 1.67. The van der Waals surface area contributed by atoms with E-state index in [4.69, 9.17) is 5.73 Å². The zero-order valence-corrected chi connectivity index (χ0v) is 11.9. The van der Waals surface area contributed by atoms with Crippen molar-refractivity contribution in [1.29, 1.82) is 0 Å². The molecule has 6 nitrogen and oxygen atoms in total. The number of aryl methyl sites for hydroxylation is 1. The summed E-state index contributed by atoms with van der Waals surface area (Å²) in [7, 11) is 3.91. The molecule has 1 fully saturated rings. The number of hydrogen-bond acceptors (Lipinski definition) is 4. The predicted molar refractivity (Wildman–Crippen MR) is 73.4 cm³/mol.